The molecule has 2 fully saturated rings. The molecule has 7 heteroatoms. The van der Waals surface area contributed by atoms with Gasteiger partial charge in [0.2, 0.25) is 5.91 Å². The maximum absolute atomic E-state index is 12.9. The fourth-order valence-corrected chi connectivity index (χ4v) is 4.14. The Morgan fingerprint density at radius 1 is 1.04 bits per heavy atom. The summed E-state index contributed by atoms with van der Waals surface area (Å²) >= 11 is 1.42. The van der Waals surface area contributed by atoms with Crippen LogP contribution in [0.3, 0.4) is 0 Å². The molecule has 1 atom stereocenters. The molecule has 4 rings (SSSR count). The minimum Gasteiger partial charge on any atom is -0.349 e. The summed E-state index contributed by atoms with van der Waals surface area (Å²) in [6, 6.07) is 11.0. The summed E-state index contributed by atoms with van der Waals surface area (Å²) in [6.07, 6.45) is 3.54. The normalized spacial score (nSPS) is 19.1. The Balaban J connectivity index is 1.42. The van der Waals surface area contributed by atoms with E-state index in [0.717, 1.165) is 25.7 Å². The van der Waals surface area contributed by atoms with E-state index >= 15 is 0 Å². The van der Waals surface area contributed by atoms with E-state index in [9.17, 15) is 14.4 Å². The number of thiophene rings is 1. The largest absolute Gasteiger partial charge is 0.349 e. The van der Waals surface area contributed by atoms with Crippen LogP contribution in [-0.4, -0.2) is 41.8 Å². The highest BCUT2D eigenvalue weighted by Crippen LogP contribution is 2.24. The molecule has 0 spiro atoms. The Kier molecular flexibility index (Phi) is 5.43. The van der Waals surface area contributed by atoms with Crippen LogP contribution in [0.1, 0.15) is 45.7 Å². The number of para-hydroxylation sites is 1. The Morgan fingerprint density at radius 3 is 2.61 bits per heavy atom. The fourth-order valence-electron chi connectivity index (χ4n) is 3.45. The van der Waals surface area contributed by atoms with Crippen LogP contribution in [-0.2, 0) is 4.79 Å². The molecule has 2 aromatic rings. The predicted molar refractivity (Wildman–Crippen MR) is 109 cm³/mol. The number of anilines is 1. The van der Waals surface area contributed by atoms with Crippen molar-refractivity contribution in [3.05, 3.63) is 52.2 Å². The second-order valence-corrected chi connectivity index (χ2v) is 8.30. The number of carbonyl (C=O) groups excluding carboxylic acids is 3. The first kappa shape index (κ1) is 18.7. The summed E-state index contributed by atoms with van der Waals surface area (Å²) in [7, 11) is 0. The highest BCUT2D eigenvalue weighted by atomic mass is 32.1. The molecular formula is C21H23N3O3S. The van der Waals surface area contributed by atoms with E-state index < -0.39 is 0 Å². The number of hydrogen-bond donors (Lipinski definition) is 2. The first-order valence-electron chi connectivity index (χ1n) is 9.65. The standard InChI is InChI=1S/C21H23N3O3S/c25-19(14-5-3-11-24(13-14)21(27)18-8-4-12-28-18)23-17-7-2-1-6-16(17)20(26)22-15-9-10-15/h1-2,4,6-8,12,14-15H,3,5,9-11,13H2,(H,22,26)(H,23,25). The van der Waals surface area contributed by atoms with Crippen molar-refractivity contribution in [2.75, 3.05) is 18.4 Å². The van der Waals surface area contributed by atoms with Gasteiger partial charge in [-0.1, -0.05) is 18.2 Å². The minimum atomic E-state index is -0.280. The van der Waals surface area contributed by atoms with E-state index in [0.29, 0.717) is 29.2 Å². The maximum atomic E-state index is 12.9. The average Bonchev–Trinajstić information content (AvgIpc) is 3.36. The lowest BCUT2D eigenvalue weighted by Gasteiger charge is -2.32. The second kappa shape index (κ2) is 8.14. The van der Waals surface area contributed by atoms with Crippen molar-refractivity contribution in [2.24, 2.45) is 5.92 Å². The lowest BCUT2D eigenvalue weighted by atomic mass is 9.96. The van der Waals surface area contributed by atoms with Crippen LogP contribution in [0.4, 0.5) is 5.69 Å². The SMILES string of the molecule is O=C(NC1CC1)c1ccccc1NC(=O)C1CCCN(C(=O)c2cccs2)C1. The molecule has 1 aromatic heterocycles. The molecule has 3 amide bonds. The van der Waals surface area contributed by atoms with Crippen molar-refractivity contribution in [3.63, 3.8) is 0 Å². The number of carbonyl (C=O) groups is 3. The second-order valence-electron chi connectivity index (χ2n) is 7.35. The molecule has 2 aliphatic rings. The molecule has 2 N–H and O–H groups in total. The predicted octanol–water partition coefficient (Wildman–Crippen LogP) is 3.13. The van der Waals surface area contributed by atoms with E-state index in [1.54, 1.807) is 29.2 Å². The van der Waals surface area contributed by atoms with Crippen LogP contribution in [0.25, 0.3) is 0 Å². The number of benzene rings is 1. The molecule has 1 aromatic carbocycles. The van der Waals surface area contributed by atoms with Crippen molar-refractivity contribution in [1.82, 2.24) is 10.2 Å². The van der Waals surface area contributed by atoms with E-state index in [4.69, 9.17) is 0 Å². The zero-order valence-electron chi connectivity index (χ0n) is 15.5. The lowest BCUT2D eigenvalue weighted by molar-refractivity contribution is -0.121. The topological polar surface area (TPSA) is 78.5 Å². The Labute approximate surface area is 167 Å². The number of piperidine rings is 1. The number of nitrogens with zero attached hydrogens (tertiary/aromatic N) is 1. The Bertz CT molecular complexity index is 877. The van der Waals surface area contributed by atoms with E-state index in [1.165, 1.54) is 11.3 Å². The third-order valence-electron chi connectivity index (χ3n) is 5.15. The first-order valence-corrected chi connectivity index (χ1v) is 10.5. The summed E-state index contributed by atoms with van der Waals surface area (Å²) in [5.41, 5.74) is 0.998. The summed E-state index contributed by atoms with van der Waals surface area (Å²) < 4.78 is 0. The van der Waals surface area contributed by atoms with Gasteiger partial charge in [-0.25, -0.2) is 0 Å². The summed E-state index contributed by atoms with van der Waals surface area (Å²) in [5.74, 6) is -0.596. The van der Waals surface area contributed by atoms with Gasteiger partial charge in [0.05, 0.1) is 22.0 Å². The smallest absolute Gasteiger partial charge is 0.263 e. The lowest BCUT2D eigenvalue weighted by Crippen LogP contribution is -2.43. The third-order valence-corrected chi connectivity index (χ3v) is 6.01. The Hall–Kier alpha value is -2.67. The third kappa shape index (κ3) is 4.25. The molecule has 6 nitrogen and oxygen atoms in total. The van der Waals surface area contributed by atoms with Crippen LogP contribution < -0.4 is 10.6 Å². The number of likely N-dealkylation sites (tertiary alicyclic amines) is 1. The monoisotopic (exact) mass is 397 g/mol. The summed E-state index contributed by atoms with van der Waals surface area (Å²) in [5, 5.41) is 7.75. The number of amides is 3. The van der Waals surface area contributed by atoms with Crippen molar-refractivity contribution in [1.29, 1.82) is 0 Å². The van der Waals surface area contributed by atoms with Crippen LogP contribution in [0.2, 0.25) is 0 Å². The average molecular weight is 398 g/mol. The minimum absolute atomic E-state index is 0.0169. The zero-order valence-corrected chi connectivity index (χ0v) is 16.3. The molecule has 146 valence electrons. The molecule has 28 heavy (non-hydrogen) atoms. The number of nitrogens with one attached hydrogen (secondary N) is 2. The van der Waals surface area contributed by atoms with Crippen LogP contribution in [0, 0.1) is 5.92 Å². The molecule has 1 saturated heterocycles. The molecule has 1 unspecified atom stereocenters. The fraction of sp³-hybridized carbons (Fsp3) is 0.381. The molecule has 0 bridgehead atoms. The van der Waals surface area contributed by atoms with Crippen LogP contribution >= 0.6 is 11.3 Å². The molecule has 2 heterocycles. The van der Waals surface area contributed by atoms with Gasteiger partial charge in [0.1, 0.15) is 0 Å². The highest BCUT2D eigenvalue weighted by molar-refractivity contribution is 7.12. The van der Waals surface area contributed by atoms with Gasteiger partial charge in [0.25, 0.3) is 11.8 Å². The maximum Gasteiger partial charge on any atom is 0.263 e. The molecule has 1 aliphatic carbocycles. The highest BCUT2D eigenvalue weighted by Gasteiger charge is 2.30. The van der Waals surface area contributed by atoms with Gasteiger partial charge in [0, 0.05) is 19.1 Å². The van der Waals surface area contributed by atoms with Crippen LogP contribution in [0.15, 0.2) is 41.8 Å². The van der Waals surface area contributed by atoms with Crippen molar-refractivity contribution in [2.45, 2.75) is 31.7 Å². The van der Waals surface area contributed by atoms with Gasteiger partial charge >= 0.3 is 0 Å². The van der Waals surface area contributed by atoms with Gasteiger partial charge < -0.3 is 15.5 Å². The first-order chi connectivity index (χ1) is 13.6. The van der Waals surface area contributed by atoms with Crippen molar-refractivity contribution < 1.29 is 14.4 Å². The quantitative estimate of drug-likeness (QED) is 0.814. The molecule has 1 aliphatic heterocycles. The molecule has 1 saturated carbocycles. The van der Waals surface area contributed by atoms with Gasteiger partial charge in [-0.15, -0.1) is 11.3 Å². The molecular weight excluding hydrogens is 374 g/mol. The molecule has 0 radical (unpaired) electrons. The van der Waals surface area contributed by atoms with E-state index in [1.807, 2.05) is 17.5 Å². The summed E-state index contributed by atoms with van der Waals surface area (Å²) in [4.78, 5) is 40.3. The summed E-state index contributed by atoms with van der Waals surface area (Å²) in [6.45, 7) is 1.07. The van der Waals surface area contributed by atoms with Crippen molar-refractivity contribution >= 4 is 34.7 Å². The van der Waals surface area contributed by atoms with Crippen LogP contribution in [0.5, 0.6) is 0 Å². The van der Waals surface area contributed by atoms with Gasteiger partial charge in [-0.05, 0) is 49.3 Å². The zero-order chi connectivity index (χ0) is 19.5. The van der Waals surface area contributed by atoms with Gasteiger partial charge in [-0.3, -0.25) is 14.4 Å². The Morgan fingerprint density at radius 2 is 1.86 bits per heavy atom. The van der Waals surface area contributed by atoms with Crippen molar-refractivity contribution in [3.8, 4) is 0 Å². The van der Waals surface area contributed by atoms with E-state index in [-0.39, 0.29) is 29.7 Å². The van der Waals surface area contributed by atoms with E-state index in [2.05, 4.69) is 10.6 Å². The van der Waals surface area contributed by atoms with Gasteiger partial charge in [0.15, 0.2) is 0 Å². The van der Waals surface area contributed by atoms with Gasteiger partial charge in [-0.2, -0.15) is 0 Å². The number of rotatable bonds is 5. The number of hydrogen-bond acceptors (Lipinski definition) is 4.